The average molecular weight is 277 g/mol. The molecule has 0 aromatic heterocycles. The second-order valence-corrected chi connectivity index (χ2v) is 5.74. The predicted molar refractivity (Wildman–Crippen MR) is 81.8 cm³/mol. The van der Waals surface area contributed by atoms with Crippen molar-refractivity contribution in [2.45, 2.75) is 57.2 Å². The summed E-state index contributed by atoms with van der Waals surface area (Å²) in [4.78, 5) is 0. The highest BCUT2D eigenvalue weighted by atomic mass is 16.5. The van der Waals surface area contributed by atoms with E-state index in [0.29, 0.717) is 12.1 Å². The van der Waals surface area contributed by atoms with Crippen LogP contribution in [0.4, 0.5) is 0 Å². The SMILES string of the molecule is CCCC1CC(N[C@@H](CO)Cc2ccccc2)CCO1. The molecule has 112 valence electrons. The lowest BCUT2D eigenvalue weighted by Gasteiger charge is -2.32. The van der Waals surface area contributed by atoms with Crippen molar-refractivity contribution in [2.24, 2.45) is 0 Å². The van der Waals surface area contributed by atoms with Crippen LogP contribution >= 0.6 is 0 Å². The van der Waals surface area contributed by atoms with Gasteiger partial charge in [0.2, 0.25) is 0 Å². The Morgan fingerprint density at radius 3 is 2.85 bits per heavy atom. The molecule has 0 amide bonds. The molecule has 2 rings (SSSR count). The lowest BCUT2D eigenvalue weighted by molar-refractivity contribution is -0.00625. The van der Waals surface area contributed by atoms with Crippen LogP contribution in [0.25, 0.3) is 0 Å². The van der Waals surface area contributed by atoms with Crippen molar-refractivity contribution in [1.29, 1.82) is 0 Å². The number of benzene rings is 1. The highest BCUT2D eigenvalue weighted by Crippen LogP contribution is 2.18. The average Bonchev–Trinajstić information content (AvgIpc) is 2.48. The largest absolute Gasteiger partial charge is 0.395 e. The Morgan fingerprint density at radius 1 is 1.35 bits per heavy atom. The maximum atomic E-state index is 9.59. The summed E-state index contributed by atoms with van der Waals surface area (Å²) in [6, 6.07) is 11.0. The van der Waals surface area contributed by atoms with E-state index in [4.69, 9.17) is 4.74 Å². The zero-order valence-electron chi connectivity index (χ0n) is 12.4. The van der Waals surface area contributed by atoms with E-state index in [1.54, 1.807) is 0 Å². The Kier molecular flexibility index (Phi) is 6.51. The first-order chi connectivity index (χ1) is 9.81. The monoisotopic (exact) mass is 277 g/mol. The zero-order chi connectivity index (χ0) is 14.2. The second kappa shape index (κ2) is 8.40. The van der Waals surface area contributed by atoms with Crippen molar-refractivity contribution >= 4 is 0 Å². The quantitative estimate of drug-likeness (QED) is 0.805. The maximum absolute atomic E-state index is 9.59. The fraction of sp³-hybridized carbons (Fsp3) is 0.647. The van der Waals surface area contributed by atoms with Gasteiger partial charge in [0.1, 0.15) is 0 Å². The lowest BCUT2D eigenvalue weighted by atomic mass is 9.98. The van der Waals surface area contributed by atoms with Crippen LogP contribution in [0.15, 0.2) is 30.3 Å². The van der Waals surface area contributed by atoms with Crippen molar-refractivity contribution in [1.82, 2.24) is 5.32 Å². The molecule has 0 bridgehead atoms. The van der Waals surface area contributed by atoms with Crippen molar-refractivity contribution in [3.05, 3.63) is 35.9 Å². The summed E-state index contributed by atoms with van der Waals surface area (Å²) in [5, 5.41) is 13.2. The van der Waals surface area contributed by atoms with Gasteiger partial charge in [0.25, 0.3) is 0 Å². The molecule has 0 saturated carbocycles. The van der Waals surface area contributed by atoms with E-state index in [0.717, 1.165) is 32.3 Å². The highest BCUT2D eigenvalue weighted by Gasteiger charge is 2.23. The van der Waals surface area contributed by atoms with Gasteiger partial charge in [0, 0.05) is 18.7 Å². The molecule has 0 aliphatic carbocycles. The van der Waals surface area contributed by atoms with Crippen LogP contribution in [-0.2, 0) is 11.2 Å². The summed E-state index contributed by atoms with van der Waals surface area (Å²) in [7, 11) is 0. The van der Waals surface area contributed by atoms with E-state index in [2.05, 4.69) is 36.5 Å². The van der Waals surface area contributed by atoms with Crippen LogP contribution < -0.4 is 5.32 Å². The molecule has 2 N–H and O–H groups in total. The van der Waals surface area contributed by atoms with E-state index in [-0.39, 0.29) is 12.6 Å². The molecule has 1 fully saturated rings. The zero-order valence-corrected chi connectivity index (χ0v) is 12.4. The van der Waals surface area contributed by atoms with Crippen LogP contribution in [0, 0.1) is 0 Å². The number of hydrogen-bond donors (Lipinski definition) is 2. The maximum Gasteiger partial charge on any atom is 0.0589 e. The predicted octanol–water partition coefficient (Wildman–Crippen LogP) is 2.53. The van der Waals surface area contributed by atoms with Gasteiger partial charge in [-0.1, -0.05) is 43.7 Å². The second-order valence-electron chi connectivity index (χ2n) is 5.74. The van der Waals surface area contributed by atoms with E-state index in [1.165, 1.54) is 12.0 Å². The third kappa shape index (κ3) is 4.89. The number of aliphatic hydroxyl groups excluding tert-OH is 1. The van der Waals surface area contributed by atoms with Gasteiger partial charge in [-0.15, -0.1) is 0 Å². The van der Waals surface area contributed by atoms with Crippen molar-refractivity contribution < 1.29 is 9.84 Å². The molecule has 3 atom stereocenters. The molecule has 3 heteroatoms. The van der Waals surface area contributed by atoms with E-state index >= 15 is 0 Å². The van der Waals surface area contributed by atoms with Crippen LogP contribution in [0.3, 0.4) is 0 Å². The summed E-state index contributed by atoms with van der Waals surface area (Å²) in [6.45, 7) is 3.23. The molecule has 1 aliphatic heterocycles. The van der Waals surface area contributed by atoms with Gasteiger partial charge < -0.3 is 15.2 Å². The minimum atomic E-state index is 0.141. The minimum absolute atomic E-state index is 0.141. The topological polar surface area (TPSA) is 41.5 Å². The molecular weight excluding hydrogens is 250 g/mol. The number of aliphatic hydroxyl groups is 1. The lowest BCUT2D eigenvalue weighted by Crippen LogP contribution is -2.46. The number of hydrogen-bond acceptors (Lipinski definition) is 3. The molecular formula is C17H27NO2. The van der Waals surface area contributed by atoms with Gasteiger partial charge in [0.05, 0.1) is 12.7 Å². The van der Waals surface area contributed by atoms with Crippen molar-refractivity contribution in [2.75, 3.05) is 13.2 Å². The van der Waals surface area contributed by atoms with Gasteiger partial charge in [0.15, 0.2) is 0 Å². The summed E-state index contributed by atoms with van der Waals surface area (Å²) < 4.78 is 5.78. The van der Waals surface area contributed by atoms with Gasteiger partial charge in [-0.3, -0.25) is 0 Å². The number of rotatable bonds is 7. The third-order valence-corrected chi connectivity index (χ3v) is 3.99. The van der Waals surface area contributed by atoms with Crippen LogP contribution in [0.2, 0.25) is 0 Å². The fourth-order valence-corrected chi connectivity index (χ4v) is 2.96. The first-order valence-corrected chi connectivity index (χ1v) is 7.84. The molecule has 2 unspecified atom stereocenters. The normalized spacial score (nSPS) is 24.5. The van der Waals surface area contributed by atoms with E-state index in [9.17, 15) is 5.11 Å². The fourth-order valence-electron chi connectivity index (χ4n) is 2.96. The Labute approximate surface area is 122 Å². The smallest absolute Gasteiger partial charge is 0.0589 e. The highest BCUT2D eigenvalue weighted by molar-refractivity contribution is 5.16. The Hall–Kier alpha value is -0.900. The number of nitrogens with one attached hydrogen (secondary N) is 1. The molecule has 0 radical (unpaired) electrons. The van der Waals surface area contributed by atoms with E-state index in [1.807, 2.05) is 6.07 Å². The summed E-state index contributed by atoms with van der Waals surface area (Å²) in [5.74, 6) is 0. The van der Waals surface area contributed by atoms with Gasteiger partial charge in [-0.2, -0.15) is 0 Å². The Balaban J connectivity index is 1.83. The molecule has 0 spiro atoms. The van der Waals surface area contributed by atoms with Crippen molar-refractivity contribution in [3.63, 3.8) is 0 Å². The summed E-state index contributed by atoms with van der Waals surface area (Å²) in [6.07, 6.45) is 5.70. The molecule has 1 heterocycles. The molecule has 3 nitrogen and oxygen atoms in total. The van der Waals surface area contributed by atoms with Gasteiger partial charge >= 0.3 is 0 Å². The molecule has 1 aliphatic rings. The van der Waals surface area contributed by atoms with Crippen LogP contribution in [0.1, 0.15) is 38.2 Å². The molecule has 1 aromatic carbocycles. The van der Waals surface area contributed by atoms with Crippen LogP contribution in [0.5, 0.6) is 0 Å². The van der Waals surface area contributed by atoms with Gasteiger partial charge in [-0.05, 0) is 31.2 Å². The summed E-state index contributed by atoms with van der Waals surface area (Å²) in [5.41, 5.74) is 1.27. The van der Waals surface area contributed by atoms with Crippen molar-refractivity contribution in [3.8, 4) is 0 Å². The van der Waals surface area contributed by atoms with E-state index < -0.39 is 0 Å². The molecule has 1 aromatic rings. The standard InChI is InChI=1S/C17H27NO2/c1-2-6-17-12-15(9-10-20-17)18-16(13-19)11-14-7-4-3-5-8-14/h3-5,7-8,15-19H,2,6,9-13H2,1H3/t15?,16-,17?/m1/s1. The number of ether oxygens (including phenoxy) is 1. The van der Waals surface area contributed by atoms with Gasteiger partial charge in [-0.25, -0.2) is 0 Å². The first kappa shape index (κ1) is 15.5. The molecule has 1 saturated heterocycles. The van der Waals surface area contributed by atoms with Crippen LogP contribution in [-0.4, -0.2) is 36.5 Å². The Morgan fingerprint density at radius 2 is 2.15 bits per heavy atom. The minimum Gasteiger partial charge on any atom is -0.395 e. The molecule has 20 heavy (non-hydrogen) atoms. The first-order valence-electron chi connectivity index (χ1n) is 7.84. The third-order valence-electron chi connectivity index (χ3n) is 3.99. The summed E-state index contributed by atoms with van der Waals surface area (Å²) >= 11 is 0. The Bertz CT molecular complexity index is 367.